The van der Waals surface area contributed by atoms with Gasteiger partial charge in [0.1, 0.15) is 53.5 Å². The normalized spacial score (nSPS) is 24.1. The van der Waals surface area contributed by atoms with Crippen molar-refractivity contribution >= 4 is 144 Å². The summed E-state index contributed by atoms with van der Waals surface area (Å²) in [4.78, 5) is 214. The van der Waals surface area contributed by atoms with Gasteiger partial charge in [0.15, 0.2) is 22.7 Å². The van der Waals surface area contributed by atoms with Gasteiger partial charge in [-0.3, -0.25) is 77.7 Å². The number of nitrogens with two attached hydrogens (primary N) is 2. The highest BCUT2D eigenvalue weighted by Crippen LogP contribution is 2.68. The Kier molecular flexibility index (Phi) is 30.2. The van der Waals surface area contributed by atoms with Gasteiger partial charge in [-0.15, -0.1) is 0 Å². The first-order chi connectivity index (χ1) is 62.3. The third-order valence-corrected chi connectivity index (χ3v) is 28.1. The van der Waals surface area contributed by atoms with Crippen molar-refractivity contribution in [3.63, 3.8) is 0 Å². The molecule has 44 nitrogen and oxygen atoms in total. The van der Waals surface area contributed by atoms with Gasteiger partial charge in [-0.25, -0.2) is 19.6 Å². The summed E-state index contributed by atoms with van der Waals surface area (Å²) in [5.74, 6) is -18.7. The summed E-state index contributed by atoms with van der Waals surface area (Å²) in [6.07, 6.45) is -0.0194. The number of likely N-dealkylation sites (N-methyl/N-ethyl adjacent to an activating group) is 1. The van der Waals surface area contributed by atoms with E-state index in [4.69, 9.17) is 26.4 Å². The molecule has 1 saturated carbocycles. The molecule has 7 amide bonds. The minimum Gasteiger partial charge on any atom is -0.496 e. The lowest BCUT2D eigenvalue weighted by molar-refractivity contribution is -0.203. The van der Waals surface area contributed by atoms with E-state index in [0.717, 1.165) is 38.1 Å². The number of carboxylic acid groups (broad SMARTS) is 5. The van der Waals surface area contributed by atoms with Crippen LogP contribution >= 0.6 is 21.6 Å². The second-order valence-corrected chi connectivity index (χ2v) is 36.4. The standard InChI is InChI=1S/C85H108N20O24S2/c1-6-81(126)35-42-36-84(78(125)129-5,64-47(21-27-104(39-42)41-81)46-12-8-9-13-50(46)95-64)49-30-48-57(34-58(49)128-4)103(3)75-83(48)23-28-105-26-11-22-82(7-2,74(83)105)76(123)85(75,127)77(124)89-25-29-130-131-40-56(73(121)122)100-70(117)55(33-62(111)112)99-69(116)54(32-61(109)110)98-67(114)51(14-10-24-90-79(86)87)96-68(115)53(31-60(107)108)94-59(106)20-19-52(72(119)120)97-66(113)43-15-17-44(18-16-43)91-37-45-38-92-65-63(93-45)71(118)102-80(88)101-65/h8-9,11-13,15-18,22,30,34,38,42,51-56,74-76,91,95,123,126-127H,6-7,10,14,19-21,23-29,31-33,35-37,39-41H2,1-5H3,(H,89,124)(H,94,106)(H,96,115)(H,97,113)(H,98,114)(H,99,116)(H,100,117)(H,107,108)(H,109,110)(H,111,112)(H,119,120)(H,121,122)(H4,86,87,90)(H3,88,92,101,102,118)/t42-,51+,52+,53+,54+,55+,56+,74+,75-,76-,81+,82-,83-,84+,85+/m1/s1. The quantitative estimate of drug-likeness (QED) is 0.00537. The molecule has 131 heavy (non-hydrogen) atoms. The van der Waals surface area contributed by atoms with Crippen LogP contribution in [0.15, 0.2) is 83.8 Å². The minimum atomic E-state index is -2.59. The molecule has 6 aromatic rings. The van der Waals surface area contributed by atoms with Crippen LogP contribution in [0.3, 0.4) is 0 Å². The Morgan fingerprint density at radius 2 is 1.37 bits per heavy atom. The molecule has 24 N–H and O–H groups in total. The number of guanidine groups is 1. The second kappa shape index (κ2) is 40.7. The number of amides is 7. The summed E-state index contributed by atoms with van der Waals surface area (Å²) in [6.45, 7) is 6.17. The average Bonchev–Trinajstić information content (AvgIpc) is 1.48. The fourth-order valence-corrected chi connectivity index (χ4v) is 21.9. The predicted molar refractivity (Wildman–Crippen MR) is 474 cm³/mol. The number of nitrogen functional groups attached to an aromatic ring is 1. The number of hydrogen-bond acceptors (Lipinski definition) is 30. The van der Waals surface area contributed by atoms with Gasteiger partial charge in [-0.1, -0.05) is 65.8 Å². The third-order valence-electron chi connectivity index (χ3n) is 25.7. The number of aromatic nitrogens is 5. The molecule has 3 aromatic carbocycles. The van der Waals surface area contributed by atoms with Crippen LogP contribution in [0.1, 0.15) is 129 Å². The number of carbonyl (C=O) groups is 13. The molecule has 2 bridgehead atoms. The van der Waals surface area contributed by atoms with Gasteiger partial charge in [-0.2, -0.15) is 4.98 Å². The summed E-state index contributed by atoms with van der Waals surface area (Å²) in [5.41, 5.74) is 7.56. The van der Waals surface area contributed by atoms with Gasteiger partial charge in [0, 0.05) is 126 Å². The van der Waals surface area contributed by atoms with Crippen LogP contribution in [0.2, 0.25) is 0 Å². The summed E-state index contributed by atoms with van der Waals surface area (Å²) in [5, 5.41) is 119. The molecule has 6 aliphatic rings. The summed E-state index contributed by atoms with van der Waals surface area (Å²) >= 11 is 0. The highest BCUT2D eigenvalue weighted by Gasteiger charge is 2.79. The van der Waals surface area contributed by atoms with Crippen LogP contribution < -0.4 is 74.5 Å². The van der Waals surface area contributed by atoms with Crippen molar-refractivity contribution in [1.29, 1.82) is 5.41 Å². The summed E-state index contributed by atoms with van der Waals surface area (Å²) < 4.78 is 12.4. The maximum atomic E-state index is 15.7. The number of aromatic amines is 2. The SMILES string of the molecule is CC[C@]1(O)C[C@H]2CN(CCc3c([nH]c4ccccc34)[C@@](C(=O)OC)(c3cc4c(cc3OC)N(C)[C@H]3[C@@](O)(C(=O)NCCSSC[C@H](NC(=O)[C@H](CC(=O)O)NC(=O)[C@H](CC(=O)O)NC(=O)[C@H](CCCNC(=N)N)NC(=O)[C@H](CC(=O)O)NC(=O)CC[C@H](NC(=O)c5ccc(NCc6cnc7nc(N)[nH]c(=O)c7n6)cc5)C(=O)O)C(=O)O)[C@H](O)[C@]5(CC)C=CCN6CC[C@]43[C@@H]65)C2)C1. The number of nitrogens with one attached hydrogen (secondary N) is 12. The predicted octanol–water partition coefficient (Wildman–Crippen LogP) is -1.18. The van der Waals surface area contributed by atoms with Crippen LogP contribution in [-0.2, 0) is 86.1 Å². The van der Waals surface area contributed by atoms with Crippen LogP contribution in [0.25, 0.3) is 22.1 Å². The molecule has 5 aliphatic heterocycles. The third kappa shape index (κ3) is 20.4. The van der Waals surface area contributed by atoms with Gasteiger partial charge < -0.3 is 120 Å². The molecule has 46 heteroatoms. The van der Waals surface area contributed by atoms with E-state index in [0.29, 0.717) is 98.0 Å². The molecule has 1 unspecified atom stereocenters. The van der Waals surface area contributed by atoms with Crippen molar-refractivity contribution < 1.29 is 113 Å². The molecule has 3 fully saturated rings. The fourth-order valence-electron chi connectivity index (χ4n) is 19.8. The summed E-state index contributed by atoms with van der Waals surface area (Å²) in [7, 11) is 6.50. The Hall–Kier alpha value is -12.8. The second-order valence-electron chi connectivity index (χ2n) is 33.8. The van der Waals surface area contributed by atoms with Gasteiger partial charge in [-0.05, 0) is 118 Å². The Labute approximate surface area is 756 Å². The van der Waals surface area contributed by atoms with Crippen LogP contribution in [0.5, 0.6) is 5.75 Å². The number of esters is 1. The number of aliphatic hydroxyl groups excluding tert-OH is 1. The zero-order valence-corrected chi connectivity index (χ0v) is 73.9. The molecule has 16 atom stereocenters. The first-order valence-corrected chi connectivity index (χ1v) is 45.1. The molecular weight excluding hydrogens is 1750 g/mol. The number of fused-ring (bicyclic) bond motifs is 7. The number of benzene rings is 3. The van der Waals surface area contributed by atoms with Crippen molar-refractivity contribution in [2.45, 2.75) is 180 Å². The largest absolute Gasteiger partial charge is 0.496 e. The number of para-hydroxylation sites is 1. The molecule has 2 saturated heterocycles. The number of methoxy groups -OCH3 is 2. The Balaban J connectivity index is 0.686. The van der Waals surface area contributed by atoms with Crippen LogP contribution in [0, 0.1) is 16.7 Å². The van der Waals surface area contributed by atoms with E-state index in [1.54, 1.807) is 7.05 Å². The Morgan fingerprint density at radius 1 is 0.725 bits per heavy atom. The number of H-pyrrole nitrogens is 2. The van der Waals surface area contributed by atoms with Crippen molar-refractivity contribution in [2.75, 3.05) is 94.5 Å². The maximum absolute atomic E-state index is 15.7. The van der Waals surface area contributed by atoms with Crippen molar-refractivity contribution in [3.8, 4) is 5.75 Å². The lowest BCUT2D eigenvalue weighted by Crippen LogP contribution is -2.81. The van der Waals surface area contributed by atoms with E-state index in [2.05, 4.69) is 77.3 Å². The van der Waals surface area contributed by atoms with Crippen LogP contribution in [-0.4, -0.2) is 303 Å². The number of piperidine rings is 1. The lowest BCUT2D eigenvalue weighted by Gasteiger charge is -2.63. The molecule has 1 spiro atoms. The number of nitrogens with zero attached hydrogens (tertiary/aromatic N) is 6. The topological polar surface area (TPSA) is 683 Å². The van der Waals surface area contributed by atoms with E-state index < -0.39 is 215 Å². The van der Waals surface area contributed by atoms with E-state index in [9.17, 15) is 98.4 Å². The molecule has 0 radical (unpaired) electrons. The summed E-state index contributed by atoms with van der Waals surface area (Å²) in [6, 6.07) is 3.72. The molecular formula is C85H108N20O24S2. The zero-order chi connectivity index (χ0) is 94.9. The van der Waals surface area contributed by atoms with Crippen molar-refractivity contribution in [3.05, 3.63) is 123 Å². The van der Waals surface area contributed by atoms with Gasteiger partial charge >= 0.3 is 35.8 Å². The van der Waals surface area contributed by atoms with Crippen LogP contribution in [0.4, 0.5) is 17.3 Å². The highest BCUT2D eigenvalue weighted by molar-refractivity contribution is 8.76. The zero-order valence-electron chi connectivity index (χ0n) is 72.3. The number of rotatable bonds is 41. The maximum Gasteiger partial charge on any atom is 0.327 e. The average molecular weight is 1860 g/mol. The van der Waals surface area contributed by atoms with Gasteiger partial charge in [0.05, 0.1) is 63.6 Å². The Bertz CT molecular complexity index is 5530. The van der Waals surface area contributed by atoms with Crippen molar-refractivity contribution in [2.24, 2.45) is 17.1 Å². The number of ether oxygens (including phenoxy) is 2. The molecule has 12 rings (SSSR count). The number of anilines is 3. The fraction of sp³-hybridized carbons (Fsp3) is 0.506. The number of carboxylic acids is 5. The Morgan fingerprint density at radius 3 is 2.01 bits per heavy atom. The number of aliphatic hydroxyl groups is 3. The highest BCUT2D eigenvalue weighted by atomic mass is 33.1. The van der Waals surface area contributed by atoms with E-state index in [1.807, 2.05) is 72.6 Å². The lowest BCUT2D eigenvalue weighted by atomic mass is 9.47. The van der Waals surface area contributed by atoms with Crippen molar-refractivity contribution in [1.82, 2.24) is 77.3 Å². The van der Waals surface area contributed by atoms with Gasteiger partial charge in [0.25, 0.3) is 17.4 Å². The minimum absolute atomic E-state index is 0.00830. The van der Waals surface area contributed by atoms with E-state index in [-0.39, 0.29) is 73.2 Å². The first-order valence-electron chi connectivity index (χ1n) is 42.6. The smallest absolute Gasteiger partial charge is 0.327 e. The molecule has 1 aliphatic carbocycles. The number of carbonyl (C=O) groups excluding carboxylic acids is 8. The van der Waals surface area contributed by atoms with E-state index in [1.165, 1.54) is 44.7 Å². The first kappa shape index (κ1) is 97.3. The number of hydrogen-bond donors (Lipinski definition) is 22. The van der Waals surface area contributed by atoms with Gasteiger partial charge in [0.2, 0.25) is 35.5 Å². The monoisotopic (exact) mass is 1860 g/mol. The molecule has 8 heterocycles. The molecule has 704 valence electrons. The number of aliphatic carboxylic acids is 5. The molecule has 3 aromatic heterocycles. The van der Waals surface area contributed by atoms with E-state index >= 15 is 9.59 Å².